The van der Waals surface area contributed by atoms with Crippen molar-refractivity contribution in [3.05, 3.63) is 0 Å². The van der Waals surface area contributed by atoms with Crippen molar-refractivity contribution in [3.8, 4) is 0 Å². The maximum atomic E-state index is 12.6. The van der Waals surface area contributed by atoms with Gasteiger partial charge in [-0.3, -0.25) is 9.59 Å². The van der Waals surface area contributed by atoms with Crippen molar-refractivity contribution in [2.24, 2.45) is 23.7 Å². The van der Waals surface area contributed by atoms with Gasteiger partial charge in [-0.25, -0.2) is 0 Å². The first kappa shape index (κ1) is 16.2. The van der Waals surface area contributed by atoms with Gasteiger partial charge in [-0.1, -0.05) is 0 Å². The first-order valence-corrected chi connectivity index (χ1v) is 8.88. The number of nitrogens with zero attached hydrogens (tertiary/aromatic N) is 1. The van der Waals surface area contributed by atoms with E-state index in [1.807, 2.05) is 0 Å². The maximum Gasteiger partial charge on any atom is 0.406 e. The minimum absolute atomic E-state index is 0.103. The minimum Gasteiger partial charge on any atom is -0.350 e. The molecule has 0 radical (unpaired) electrons. The van der Waals surface area contributed by atoms with E-state index < -0.39 is 24.5 Å². The normalized spacial score (nSPS) is 41.1. The summed E-state index contributed by atoms with van der Waals surface area (Å²) in [5, 5.41) is 3.17. The fourth-order valence-corrected chi connectivity index (χ4v) is 5.94. The Bertz CT molecular complexity index is 525. The molecule has 4 aliphatic carbocycles. The number of likely N-dealkylation sites (tertiary alicyclic amines) is 1. The average molecular weight is 344 g/mol. The third-order valence-electron chi connectivity index (χ3n) is 6.38. The molecule has 0 unspecified atom stereocenters. The van der Waals surface area contributed by atoms with Crippen molar-refractivity contribution in [3.63, 3.8) is 0 Å². The van der Waals surface area contributed by atoms with E-state index >= 15 is 0 Å². The van der Waals surface area contributed by atoms with E-state index in [0.29, 0.717) is 17.8 Å². The summed E-state index contributed by atoms with van der Waals surface area (Å²) in [6.07, 6.45) is 2.26. The van der Waals surface area contributed by atoms with Gasteiger partial charge in [0.15, 0.2) is 0 Å². The predicted octanol–water partition coefficient (Wildman–Crippen LogP) is 2.48. The Morgan fingerprint density at radius 1 is 1.12 bits per heavy atom. The zero-order valence-electron chi connectivity index (χ0n) is 13.6. The zero-order valence-corrected chi connectivity index (χ0v) is 13.6. The average Bonchev–Trinajstić information content (AvgIpc) is 2.76. The quantitative estimate of drug-likeness (QED) is 0.855. The molecule has 1 aliphatic heterocycles. The number of halogens is 3. The van der Waals surface area contributed by atoms with Crippen molar-refractivity contribution in [1.29, 1.82) is 0 Å². The molecule has 0 aromatic rings. The molecule has 7 heteroatoms. The molecular formula is C17H23F3N2O2. The Morgan fingerprint density at radius 3 is 2.17 bits per heavy atom. The van der Waals surface area contributed by atoms with Crippen molar-refractivity contribution < 1.29 is 22.8 Å². The fourth-order valence-electron chi connectivity index (χ4n) is 5.94. The van der Waals surface area contributed by atoms with Gasteiger partial charge in [0.05, 0.1) is 5.92 Å². The second kappa shape index (κ2) is 5.36. The Labute approximate surface area is 139 Å². The first-order valence-electron chi connectivity index (χ1n) is 8.88. The van der Waals surface area contributed by atoms with Gasteiger partial charge in [0.1, 0.15) is 6.54 Å². The summed E-state index contributed by atoms with van der Waals surface area (Å²) in [6.45, 7) is -1.37. The zero-order chi connectivity index (χ0) is 17.1. The van der Waals surface area contributed by atoms with Crippen LogP contribution >= 0.6 is 0 Å². The molecule has 2 amide bonds. The number of hydrogen-bond acceptors (Lipinski definition) is 2. The van der Waals surface area contributed by atoms with E-state index in [2.05, 4.69) is 5.32 Å². The molecule has 1 saturated heterocycles. The summed E-state index contributed by atoms with van der Waals surface area (Å²) in [7, 11) is 0. The van der Waals surface area contributed by atoms with E-state index in [-0.39, 0.29) is 24.4 Å². The summed E-state index contributed by atoms with van der Waals surface area (Å²) in [5.41, 5.74) is -0.160. The van der Waals surface area contributed by atoms with Crippen LogP contribution in [0.25, 0.3) is 0 Å². The van der Waals surface area contributed by atoms with Gasteiger partial charge >= 0.3 is 6.18 Å². The number of alkyl halides is 3. The van der Waals surface area contributed by atoms with Gasteiger partial charge < -0.3 is 10.2 Å². The molecular weight excluding hydrogens is 321 g/mol. The van der Waals surface area contributed by atoms with Gasteiger partial charge in [-0.05, 0) is 56.3 Å². The summed E-state index contributed by atoms with van der Waals surface area (Å²) >= 11 is 0. The molecule has 134 valence electrons. The third kappa shape index (κ3) is 3.02. The van der Waals surface area contributed by atoms with Crippen LogP contribution in [0.1, 0.15) is 44.9 Å². The molecule has 5 rings (SSSR count). The summed E-state index contributed by atoms with van der Waals surface area (Å²) in [6, 6.07) is 0. The minimum atomic E-state index is -4.42. The van der Waals surface area contributed by atoms with Crippen molar-refractivity contribution >= 4 is 11.8 Å². The van der Waals surface area contributed by atoms with Crippen LogP contribution < -0.4 is 5.32 Å². The Kier molecular flexibility index (Phi) is 3.62. The Morgan fingerprint density at radius 2 is 1.67 bits per heavy atom. The lowest BCUT2D eigenvalue weighted by Crippen LogP contribution is -2.60. The van der Waals surface area contributed by atoms with Crippen LogP contribution in [0.3, 0.4) is 0 Å². The van der Waals surface area contributed by atoms with Crippen LogP contribution in [-0.4, -0.2) is 41.5 Å². The summed E-state index contributed by atoms with van der Waals surface area (Å²) in [4.78, 5) is 25.2. The predicted molar refractivity (Wildman–Crippen MR) is 79.8 cm³/mol. The molecule has 4 bridgehead atoms. The van der Waals surface area contributed by atoms with Crippen molar-refractivity contribution in [1.82, 2.24) is 10.2 Å². The molecule has 5 fully saturated rings. The van der Waals surface area contributed by atoms with Crippen LogP contribution in [0.2, 0.25) is 0 Å². The molecule has 0 spiro atoms. The van der Waals surface area contributed by atoms with Gasteiger partial charge in [-0.15, -0.1) is 0 Å². The SMILES string of the molecule is O=C(NC12CC3CC(CC(C3)C1)C2)[C@@H]1CC(=O)N(CC(F)(F)F)C1. The number of rotatable bonds is 3. The van der Waals surface area contributed by atoms with E-state index in [0.717, 1.165) is 24.2 Å². The number of carbonyl (C=O) groups is 2. The maximum absolute atomic E-state index is 12.6. The highest BCUT2D eigenvalue weighted by Crippen LogP contribution is 2.55. The second-order valence-corrected chi connectivity index (χ2v) is 8.48. The molecule has 0 aromatic heterocycles. The second-order valence-electron chi connectivity index (χ2n) is 8.48. The van der Waals surface area contributed by atoms with E-state index in [4.69, 9.17) is 0 Å². The Hall–Kier alpha value is -1.27. The molecule has 4 nitrogen and oxygen atoms in total. The number of nitrogens with one attached hydrogen (secondary N) is 1. The van der Waals surface area contributed by atoms with E-state index in [1.165, 1.54) is 19.3 Å². The van der Waals surface area contributed by atoms with Gasteiger partial charge in [-0.2, -0.15) is 13.2 Å². The topological polar surface area (TPSA) is 49.4 Å². The van der Waals surface area contributed by atoms with Crippen LogP contribution in [0.5, 0.6) is 0 Å². The molecule has 24 heavy (non-hydrogen) atoms. The van der Waals surface area contributed by atoms with Crippen LogP contribution in [0.4, 0.5) is 13.2 Å². The lowest BCUT2D eigenvalue weighted by molar-refractivity contribution is -0.157. The lowest BCUT2D eigenvalue weighted by Gasteiger charge is -2.57. The highest BCUT2D eigenvalue weighted by atomic mass is 19.4. The smallest absolute Gasteiger partial charge is 0.350 e. The molecule has 1 N–H and O–H groups in total. The largest absolute Gasteiger partial charge is 0.406 e. The fraction of sp³-hybridized carbons (Fsp3) is 0.882. The molecule has 1 heterocycles. The number of amides is 2. The number of hydrogen-bond donors (Lipinski definition) is 1. The monoisotopic (exact) mass is 344 g/mol. The molecule has 1 atom stereocenters. The van der Waals surface area contributed by atoms with Crippen LogP contribution in [0.15, 0.2) is 0 Å². The van der Waals surface area contributed by atoms with Crippen molar-refractivity contribution in [2.75, 3.05) is 13.1 Å². The van der Waals surface area contributed by atoms with Gasteiger partial charge in [0, 0.05) is 18.5 Å². The summed E-state index contributed by atoms with van der Waals surface area (Å²) < 4.78 is 37.5. The third-order valence-corrected chi connectivity index (χ3v) is 6.38. The molecule has 4 saturated carbocycles. The Balaban J connectivity index is 1.39. The lowest BCUT2D eigenvalue weighted by atomic mass is 9.53. The van der Waals surface area contributed by atoms with Gasteiger partial charge in [0.2, 0.25) is 11.8 Å². The summed E-state index contributed by atoms with van der Waals surface area (Å²) in [5.74, 6) is 0.608. The van der Waals surface area contributed by atoms with Gasteiger partial charge in [0.25, 0.3) is 0 Å². The van der Waals surface area contributed by atoms with E-state index in [9.17, 15) is 22.8 Å². The number of carbonyl (C=O) groups excluding carboxylic acids is 2. The van der Waals surface area contributed by atoms with Crippen LogP contribution in [-0.2, 0) is 9.59 Å². The van der Waals surface area contributed by atoms with E-state index in [1.54, 1.807) is 0 Å². The van der Waals surface area contributed by atoms with Crippen LogP contribution in [0, 0.1) is 23.7 Å². The highest BCUT2D eigenvalue weighted by molar-refractivity contribution is 5.89. The highest BCUT2D eigenvalue weighted by Gasteiger charge is 2.52. The molecule has 5 aliphatic rings. The standard InChI is InChI=1S/C17H23F3N2O2/c18-17(19,20)9-22-8-13(4-14(22)23)15(24)21-16-5-10-1-11(6-16)3-12(2-10)7-16/h10-13H,1-9H2,(H,21,24)/t10?,11?,12?,13-,16?/m1/s1. The molecule has 0 aromatic carbocycles. The first-order chi connectivity index (χ1) is 11.2. The van der Waals surface area contributed by atoms with Crippen molar-refractivity contribution in [2.45, 2.75) is 56.7 Å².